The van der Waals surface area contributed by atoms with Crippen LogP contribution in [0, 0.1) is 6.92 Å². The Bertz CT molecular complexity index is 985. The fourth-order valence-electron chi connectivity index (χ4n) is 2.42. The minimum absolute atomic E-state index is 0.0638. The van der Waals surface area contributed by atoms with Crippen molar-refractivity contribution in [3.63, 3.8) is 0 Å². The molecule has 0 spiro atoms. The Kier molecular flexibility index (Phi) is 3.69. The average molecular weight is 329 g/mol. The number of rotatable bonds is 3. The average Bonchev–Trinajstić information content (AvgIpc) is 3.02. The van der Waals surface area contributed by atoms with E-state index in [2.05, 4.69) is 4.98 Å². The first-order valence-electron chi connectivity index (χ1n) is 6.94. The van der Waals surface area contributed by atoms with Crippen molar-refractivity contribution in [1.82, 2.24) is 4.98 Å². The molecule has 0 saturated heterocycles. The Morgan fingerprint density at radius 1 is 1.04 bits per heavy atom. The van der Waals surface area contributed by atoms with Crippen molar-refractivity contribution >= 4 is 26.7 Å². The van der Waals surface area contributed by atoms with E-state index in [1.807, 2.05) is 6.92 Å². The number of aromatic nitrogens is 1. The summed E-state index contributed by atoms with van der Waals surface area (Å²) in [4.78, 5) is 15.1. The maximum atomic E-state index is 12.8. The summed E-state index contributed by atoms with van der Waals surface area (Å²) >= 11 is 0. The van der Waals surface area contributed by atoms with Gasteiger partial charge in [-0.25, -0.2) is 13.2 Å². The first kappa shape index (κ1) is 15.3. The molecule has 0 saturated carbocycles. The molecule has 0 radical (unpaired) electrons. The molecule has 0 amide bonds. The van der Waals surface area contributed by atoms with Crippen LogP contribution in [0.2, 0.25) is 0 Å². The number of sulfone groups is 1. The van der Waals surface area contributed by atoms with Crippen LogP contribution in [0.5, 0.6) is 0 Å². The van der Waals surface area contributed by atoms with E-state index in [-0.39, 0.29) is 15.4 Å². The highest BCUT2D eigenvalue weighted by molar-refractivity contribution is 7.91. The summed E-state index contributed by atoms with van der Waals surface area (Å²) in [5, 5.41) is 0.638. The van der Waals surface area contributed by atoms with E-state index in [1.54, 1.807) is 42.6 Å². The zero-order valence-electron chi connectivity index (χ0n) is 12.7. The molecular weight excluding hydrogens is 314 g/mol. The number of carbonyl (C=O) groups excluding carboxylic acids is 1. The lowest BCUT2D eigenvalue weighted by molar-refractivity contribution is 0.0602. The van der Waals surface area contributed by atoms with Gasteiger partial charge in [-0.1, -0.05) is 17.7 Å². The predicted molar refractivity (Wildman–Crippen MR) is 86.3 cm³/mol. The smallest absolute Gasteiger partial charge is 0.340 e. The van der Waals surface area contributed by atoms with E-state index in [0.717, 1.165) is 5.56 Å². The molecule has 0 aliphatic heterocycles. The van der Waals surface area contributed by atoms with Gasteiger partial charge in [0, 0.05) is 11.6 Å². The lowest BCUT2D eigenvalue weighted by Gasteiger charge is -2.08. The van der Waals surface area contributed by atoms with E-state index in [1.165, 1.54) is 13.2 Å². The van der Waals surface area contributed by atoms with Crippen molar-refractivity contribution in [3.05, 3.63) is 59.8 Å². The molecule has 6 heteroatoms. The zero-order valence-corrected chi connectivity index (χ0v) is 13.5. The van der Waals surface area contributed by atoms with Crippen LogP contribution in [0.1, 0.15) is 15.9 Å². The Morgan fingerprint density at radius 2 is 1.74 bits per heavy atom. The minimum Gasteiger partial charge on any atom is -0.465 e. The fraction of sp³-hybridized carbons (Fsp3) is 0.118. The lowest BCUT2D eigenvalue weighted by atomic mass is 10.1. The first-order valence-corrected chi connectivity index (χ1v) is 8.43. The quantitative estimate of drug-likeness (QED) is 0.749. The van der Waals surface area contributed by atoms with Gasteiger partial charge in [0.05, 0.1) is 28.0 Å². The van der Waals surface area contributed by atoms with Crippen molar-refractivity contribution in [2.24, 2.45) is 0 Å². The van der Waals surface area contributed by atoms with Crippen LogP contribution in [-0.4, -0.2) is 26.5 Å². The molecule has 1 heterocycles. The summed E-state index contributed by atoms with van der Waals surface area (Å²) in [7, 11) is -2.45. The molecule has 0 aliphatic rings. The van der Waals surface area contributed by atoms with Gasteiger partial charge in [0.1, 0.15) is 0 Å². The van der Waals surface area contributed by atoms with E-state index in [4.69, 9.17) is 4.74 Å². The molecule has 3 aromatic rings. The molecule has 5 nitrogen and oxygen atoms in total. The van der Waals surface area contributed by atoms with Gasteiger partial charge < -0.3 is 9.72 Å². The second kappa shape index (κ2) is 5.55. The molecule has 1 N–H and O–H groups in total. The Morgan fingerprint density at radius 3 is 2.39 bits per heavy atom. The van der Waals surface area contributed by atoms with Crippen LogP contribution in [0.25, 0.3) is 10.9 Å². The molecule has 23 heavy (non-hydrogen) atoms. The van der Waals surface area contributed by atoms with Crippen LogP contribution in [0.4, 0.5) is 0 Å². The third-order valence-corrected chi connectivity index (χ3v) is 5.43. The van der Waals surface area contributed by atoms with Crippen LogP contribution in [-0.2, 0) is 14.6 Å². The van der Waals surface area contributed by atoms with Crippen molar-refractivity contribution in [3.8, 4) is 0 Å². The Hall–Kier alpha value is -2.60. The Balaban J connectivity index is 2.23. The predicted octanol–water partition coefficient (Wildman–Crippen LogP) is 3.10. The van der Waals surface area contributed by atoms with Gasteiger partial charge in [-0.15, -0.1) is 0 Å². The highest BCUT2D eigenvalue weighted by Gasteiger charge is 2.22. The molecule has 2 aromatic carbocycles. The number of benzene rings is 2. The van der Waals surface area contributed by atoms with Gasteiger partial charge in [0.25, 0.3) is 0 Å². The van der Waals surface area contributed by atoms with E-state index in [0.29, 0.717) is 10.9 Å². The lowest BCUT2D eigenvalue weighted by Crippen LogP contribution is -2.07. The number of aromatic amines is 1. The number of carbonyl (C=O) groups is 1. The van der Waals surface area contributed by atoms with Crippen molar-refractivity contribution in [2.45, 2.75) is 16.7 Å². The topological polar surface area (TPSA) is 76.2 Å². The number of fused-ring (bicyclic) bond motifs is 1. The van der Waals surface area contributed by atoms with Crippen molar-refractivity contribution in [2.75, 3.05) is 7.11 Å². The van der Waals surface area contributed by atoms with Gasteiger partial charge in [-0.2, -0.15) is 0 Å². The molecule has 0 bridgehead atoms. The van der Waals surface area contributed by atoms with E-state index in [9.17, 15) is 13.2 Å². The van der Waals surface area contributed by atoms with E-state index < -0.39 is 15.8 Å². The first-order chi connectivity index (χ1) is 10.9. The van der Waals surface area contributed by atoms with Crippen molar-refractivity contribution in [1.29, 1.82) is 0 Å². The summed E-state index contributed by atoms with van der Waals surface area (Å²) in [5.41, 5.74) is 1.72. The molecule has 0 fully saturated rings. The van der Waals surface area contributed by atoms with Crippen molar-refractivity contribution < 1.29 is 17.9 Å². The van der Waals surface area contributed by atoms with Crippen LogP contribution in [0.3, 0.4) is 0 Å². The molecular formula is C17H15NO4S. The summed E-state index contributed by atoms with van der Waals surface area (Å²) in [5.74, 6) is -0.585. The number of ether oxygens (including phenoxy) is 1. The largest absolute Gasteiger partial charge is 0.465 e. The summed E-state index contributed by atoms with van der Waals surface area (Å²) < 4.78 is 30.4. The SMILES string of the molecule is COC(=O)c1cc(S(=O)(=O)c2ccc(C)cc2)cc2cc[nH]c12. The molecule has 1 aromatic heterocycles. The summed E-state index contributed by atoms with van der Waals surface area (Å²) in [6.07, 6.45) is 1.65. The van der Waals surface area contributed by atoms with Gasteiger partial charge in [0.15, 0.2) is 0 Å². The van der Waals surface area contributed by atoms with Gasteiger partial charge in [0.2, 0.25) is 9.84 Å². The van der Waals surface area contributed by atoms with E-state index >= 15 is 0 Å². The minimum atomic E-state index is -3.71. The monoisotopic (exact) mass is 329 g/mol. The number of aryl methyl sites for hydroxylation is 1. The molecule has 0 unspecified atom stereocenters. The summed E-state index contributed by atoms with van der Waals surface area (Å²) in [6, 6.07) is 11.2. The fourth-order valence-corrected chi connectivity index (χ4v) is 3.75. The number of nitrogens with one attached hydrogen (secondary N) is 1. The second-order valence-corrected chi connectivity index (χ2v) is 7.17. The number of esters is 1. The van der Waals surface area contributed by atoms with Gasteiger partial charge in [-0.05, 0) is 37.3 Å². The van der Waals surface area contributed by atoms with Crippen LogP contribution >= 0.6 is 0 Å². The highest BCUT2D eigenvalue weighted by atomic mass is 32.2. The molecule has 0 aliphatic carbocycles. The van der Waals surface area contributed by atoms with Gasteiger partial charge >= 0.3 is 5.97 Å². The Labute approximate surface area is 133 Å². The van der Waals surface area contributed by atoms with Crippen LogP contribution in [0.15, 0.2) is 58.5 Å². The number of hydrogen-bond acceptors (Lipinski definition) is 4. The summed E-state index contributed by atoms with van der Waals surface area (Å²) in [6.45, 7) is 1.89. The number of methoxy groups -OCH3 is 1. The zero-order chi connectivity index (χ0) is 16.6. The third kappa shape index (κ3) is 2.61. The van der Waals surface area contributed by atoms with Gasteiger partial charge in [-0.3, -0.25) is 0 Å². The third-order valence-electron chi connectivity index (χ3n) is 3.68. The molecule has 0 atom stereocenters. The maximum Gasteiger partial charge on any atom is 0.340 e. The molecule has 118 valence electrons. The normalized spacial score (nSPS) is 11.6. The number of H-pyrrole nitrogens is 1. The number of hydrogen-bond donors (Lipinski definition) is 1. The molecule has 3 rings (SSSR count). The van der Waals surface area contributed by atoms with Crippen LogP contribution < -0.4 is 0 Å². The second-order valence-electron chi connectivity index (χ2n) is 5.22. The highest BCUT2D eigenvalue weighted by Crippen LogP contribution is 2.27. The standard InChI is InChI=1S/C17H15NO4S/c1-11-3-5-13(6-4-11)23(20,21)14-9-12-7-8-18-16(12)15(10-14)17(19)22-2/h3-10,18H,1-2H3. The maximum absolute atomic E-state index is 12.8.